The van der Waals surface area contributed by atoms with Crippen LogP contribution in [0.25, 0.3) is 0 Å². The van der Waals surface area contributed by atoms with Crippen LogP contribution in [0.1, 0.15) is 22.5 Å². The number of hydrogen-bond donors (Lipinski definition) is 2. The monoisotopic (exact) mass is 262 g/mol. The van der Waals surface area contributed by atoms with Crippen LogP contribution in [0, 0.1) is 0 Å². The van der Waals surface area contributed by atoms with Gasteiger partial charge >= 0.3 is 5.97 Å². The quantitative estimate of drug-likeness (QED) is 0.786. The molecule has 0 radical (unpaired) electrons. The van der Waals surface area contributed by atoms with Crippen LogP contribution < -0.4 is 5.32 Å². The average molecular weight is 262 g/mol. The highest BCUT2D eigenvalue weighted by atomic mass is 32.1. The SMILES string of the molecule is O=C(O)c1csc(NCCCc2ccccc2)n1. The molecule has 0 spiro atoms. The van der Waals surface area contributed by atoms with E-state index in [1.807, 2.05) is 18.2 Å². The van der Waals surface area contributed by atoms with Gasteiger partial charge in [0.25, 0.3) is 0 Å². The lowest BCUT2D eigenvalue weighted by Gasteiger charge is -2.02. The molecule has 0 fully saturated rings. The largest absolute Gasteiger partial charge is 0.476 e. The van der Waals surface area contributed by atoms with Gasteiger partial charge in [-0.25, -0.2) is 9.78 Å². The van der Waals surface area contributed by atoms with E-state index in [-0.39, 0.29) is 5.69 Å². The summed E-state index contributed by atoms with van der Waals surface area (Å²) in [5.41, 5.74) is 1.41. The molecule has 4 nitrogen and oxygen atoms in total. The summed E-state index contributed by atoms with van der Waals surface area (Å²) in [5, 5.41) is 14.1. The number of hydrogen-bond acceptors (Lipinski definition) is 4. The Morgan fingerprint density at radius 3 is 2.78 bits per heavy atom. The van der Waals surface area contributed by atoms with Crippen LogP contribution in [0.15, 0.2) is 35.7 Å². The molecule has 0 unspecified atom stereocenters. The Balaban J connectivity index is 1.73. The molecule has 0 amide bonds. The van der Waals surface area contributed by atoms with Crippen molar-refractivity contribution in [2.75, 3.05) is 11.9 Å². The van der Waals surface area contributed by atoms with E-state index < -0.39 is 5.97 Å². The maximum atomic E-state index is 10.6. The first-order chi connectivity index (χ1) is 8.75. The van der Waals surface area contributed by atoms with Crippen molar-refractivity contribution in [2.24, 2.45) is 0 Å². The molecule has 2 aromatic rings. The van der Waals surface area contributed by atoms with E-state index in [0.717, 1.165) is 19.4 Å². The lowest BCUT2D eigenvalue weighted by Crippen LogP contribution is -2.03. The topological polar surface area (TPSA) is 62.2 Å². The first-order valence-electron chi connectivity index (χ1n) is 5.72. The van der Waals surface area contributed by atoms with Crippen LogP contribution in [0.4, 0.5) is 5.13 Å². The molecule has 0 aliphatic rings. The Bertz CT molecular complexity index is 511. The number of carbonyl (C=O) groups is 1. The highest BCUT2D eigenvalue weighted by molar-refractivity contribution is 7.13. The van der Waals surface area contributed by atoms with Gasteiger partial charge in [-0.15, -0.1) is 11.3 Å². The fourth-order valence-corrected chi connectivity index (χ4v) is 2.30. The number of benzene rings is 1. The van der Waals surface area contributed by atoms with Gasteiger partial charge in [0.05, 0.1) is 0 Å². The number of rotatable bonds is 6. The molecule has 0 bridgehead atoms. The van der Waals surface area contributed by atoms with Gasteiger partial charge in [-0.05, 0) is 18.4 Å². The summed E-state index contributed by atoms with van der Waals surface area (Å²) in [4.78, 5) is 14.6. The van der Waals surface area contributed by atoms with Crippen LogP contribution >= 0.6 is 11.3 Å². The van der Waals surface area contributed by atoms with Crippen molar-refractivity contribution in [3.05, 3.63) is 47.0 Å². The smallest absolute Gasteiger partial charge is 0.355 e. The predicted molar refractivity (Wildman–Crippen MR) is 72.3 cm³/mol. The van der Waals surface area contributed by atoms with Crippen molar-refractivity contribution in [1.82, 2.24) is 4.98 Å². The third-order valence-corrected chi connectivity index (χ3v) is 3.28. The fraction of sp³-hybridized carbons (Fsp3) is 0.231. The van der Waals surface area contributed by atoms with Crippen molar-refractivity contribution < 1.29 is 9.90 Å². The van der Waals surface area contributed by atoms with E-state index in [9.17, 15) is 4.79 Å². The molecule has 0 atom stereocenters. The van der Waals surface area contributed by atoms with E-state index in [1.54, 1.807) is 5.38 Å². The number of aromatic nitrogens is 1. The maximum absolute atomic E-state index is 10.6. The average Bonchev–Trinajstić information content (AvgIpc) is 2.85. The van der Waals surface area contributed by atoms with E-state index in [1.165, 1.54) is 16.9 Å². The molecule has 1 aromatic heterocycles. The molecule has 0 aliphatic carbocycles. The molecule has 94 valence electrons. The van der Waals surface area contributed by atoms with Crippen molar-refractivity contribution in [2.45, 2.75) is 12.8 Å². The van der Waals surface area contributed by atoms with Gasteiger partial charge in [0, 0.05) is 11.9 Å². The van der Waals surface area contributed by atoms with E-state index in [2.05, 4.69) is 22.4 Å². The molecule has 2 N–H and O–H groups in total. The van der Waals surface area contributed by atoms with Gasteiger partial charge in [0.15, 0.2) is 10.8 Å². The Hall–Kier alpha value is -1.88. The summed E-state index contributed by atoms with van der Waals surface area (Å²) in [7, 11) is 0. The second-order valence-corrected chi connectivity index (χ2v) is 4.72. The van der Waals surface area contributed by atoms with E-state index >= 15 is 0 Å². The van der Waals surface area contributed by atoms with Crippen molar-refractivity contribution in [3.63, 3.8) is 0 Å². The third-order valence-electron chi connectivity index (χ3n) is 2.48. The van der Waals surface area contributed by atoms with Crippen LogP contribution in [0.2, 0.25) is 0 Å². The van der Waals surface area contributed by atoms with E-state index in [0.29, 0.717) is 5.13 Å². The van der Waals surface area contributed by atoms with Crippen molar-refractivity contribution in [1.29, 1.82) is 0 Å². The molecule has 1 aromatic carbocycles. The molecule has 0 aliphatic heterocycles. The summed E-state index contributed by atoms with van der Waals surface area (Å²) in [5.74, 6) is -0.983. The molecular formula is C13H14N2O2S. The Morgan fingerprint density at radius 1 is 1.33 bits per heavy atom. The van der Waals surface area contributed by atoms with Crippen LogP contribution in [0.3, 0.4) is 0 Å². The summed E-state index contributed by atoms with van der Waals surface area (Å²) in [6, 6.07) is 10.3. The number of aryl methyl sites for hydroxylation is 1. The Kier molecular flexibility index (Phi) is 4.30. The molecule has 2 rings (SSSR count). The standard InChI is InChI=1S/C13H14N2O2S/c16-12(17)11-9-18-13(15-11)14-8-4-7-10-5-2-1-3-6-10/h1-3,5-6,9H,4,7-8H2,(H,14,15)(H,16,17). The minimum Gasteiger partial charge on any atom is -0.476 e. The van der Waals surface area contributed by atoms with Gasteiger partial charge in [-0.3, -0.25) is 0 Å². The van der Waals surface area contributed by atoms with E-state index in [4.69, 9.17) is 5.11 Å². The van der Waals surface area contributed by atoms with Crippen molar-refractivity contribution in [3.8, 4) is 0 Å². The molecule has 0 saturated heterocycles. The minimum absolute atomic E-state index is 0.102. The molecular weight excluding hydrogens is 248 g/mol. The second-order valence-electron chi connectivity index (χ2n) is 3.86. The first-order valence-corrected chi connectivity index (χ1v) is 6.60. The number of anilines is 1. The zero-order valence-electron chi connectivity index (χ0n) is 9.80. The zero-order chi connectivity index (χ0) is 12.8. The lowest BCUT2D eigenvalue weighted by molar-refractivity contribution is 0.0691. The van der Waals surface area contributed by atoms with Gasteiger partial charge < -0.3 is 10.4 Å². The molecule has 18 heavy (non-hydrogen) atoms. The summed E-state index contributed by atoms with van der Waals surface area (Å²) >= 11 is 1.32. The molecule has 5 heteroatoms. The van der Waals surface area contributed by atoms with Gasteiger partial charge in [0.2, 0.25) is 0 Å². The van der Waals surface area contributed by atoms with Gasteiger partial charge in [-0.2, -0.15) is 0 Å². The summed E-state index contributed by atoms with van der Waals surface area (Å²) in [6.45, 7) is 0.793. The number of nitrogens with one attached hydrogen (secondary N) is 1. The second kappa shape index (κ2) is 6.16. The lowest BCUT2D eigenvalue weighted by atomic mass is 10.1. The summed E-state index contributed by atoms with van der Waals surface area (Å²) in [6.07, 6.45) is 2.00. The van der Waals surface area contributed by atoms with Gasteiger partial charge in [-0.1, -0.05) is 30.3 Å². The predicted octanol–water partition coefficient (Wildman–Crippen LogP) is 2.89. The fourth-order valence-electron chi connectivity index (χ4n) is 1.59. The first kappa shape index (κ1) is 12.6. The molecule has 0 saturated carbocycles. The number of carboxylic acids is 1. The summed E-state index contributed by atoms with van der Waals surface area (Å²) < 4.78 is 0. The van der Waals surface area contributed by atoms with Gasteiger partial charge in [0.1, 0.15) is 0 Å². The minimum atomic E-state index is -0.983. The molecule has 1 heterocycles. The van der Waals surface area contributed by atoms with Crippen molar-refractivity contribution >= 4 is 22.4 Å². The Morgan fingerprint density at radius 2 is 2.11 bits per heavy atom. The third kappa shape index (κ3) is 3.56. The van der Waals surface area contributed by atoms with Crippen LogP contribution in [-0.4, -0.2) is 22.6 Å². The number of aromatic carboxylic acids is 1. The zero-order valence-corrected chi connectivity index (χ0v) is 10.6. The van der Waals surface area contributed by atoms with Crippen LogP contribution in [0.5, 0.6) is 0 Å². The Labute approximate surface area is 109 Å². The highest BCUT2D eigenvalue weighted by Gasteiger charge is 2.07. The number of nitrogens with zero attached hydrogens (tertiary/aromatic N) is 1. The highest BCUT2D eigenvalue weighted by Crippen LogP contribution is 2.15. The maximum Gasteiger partial charge on any atom is 0.355 e. The number of thiazole rings is 1. The number of carboxylic acid groups (broad SMARTS) is 1. The normalized spacial score (nSPS) is 10.2. The van der Waals surface area contributed by atoms with Crippen LogP contribution in [-0.2, 0) is 6.42 Å².